The second-order valence-electron chi connectivity index (χ2n) is 8.98. The molecule has 1 aromatic heterocycles. The molecule has 0 spiro atoms. The van der Waals surface area contributed by atoms with Crippen molar-refractivity contribution in [3.8, 4) is 0 Å². The van der Waals surface area contributed by atoms with Crippen LogP contribution in [0.25, 0.3) is 0 Å². The van der Waals surface area contributed by atoms with Crippen molar-refractivity contribution < 1.29 is 14.1 Å². The Hall–Kier alpha value is -1.69. The van der Waals surface area contributed by atoms with Crippen LogP contribution < -0.4 is 10.6 Å². The summed E-state index contributed by atoms with van der Waals surface area (Å²) in [5.41, 5.74) is 0. The summed E-state index contributed by atoms with van der Waals surface area (Å²) >= 11 is 0. The van der Waals surface area contributed by atoms with Crippen molar-refractivity contribution in [2.24, 2.45) is 17.8 Å². The lowest BCUT2D eigenvalue weighted by molar-refractivity contribution is -0.125. The second kappa shape index (κ2) is 11.3. The Labute approximate surface area is 170 Å². The lowest BCUT2D eigenvalue weighted by Gasteiger charge is -2.16. The molecular formula is C22H39N3O3. The molecule has 1 aliphatic rings. The van der Waals surface area contributed by atoms with Gasteiger partial charge >= 0.3 is 0 Å². The number of nitrogens with one attached hydrogen (secondary N) is 2. The van der Waals surface area contributed by atoms with Gasteiger partial charge < -0.3 is 15.2 Å². The minimum atomic E-state index is -0.0603. The first-order valence-corrected chi connectivity index (χ1v) is 10.6. The van der Waals surface area contributed by atoms with E-state index in [-0.39, 0.29) is 23.7 Å². The fourth-order valence-corrected chi connectivity index (χ4v) is 3.37. The molecule has 160 valence electrons. The Morgan fingerprint density at radius 1 is 1.00 bits per heavy atom. The Bertz CT molecular complexity index is 620. The zero-order chi connectivity index (χ0) is 21.4. The first kappa shape index (κ1) is 24.3. The van der Waals surface area contributed by atoms with Crippen molar-refractivity contribution in [3.05, 3.63) is 11.8 Å². The van der Waals surface area contributed by atoms with Crippen molar-refractivity contribution in [2.45, 2.75) is 92.8 Å². The summed E-state index contributed by atoms with van der Waals surface area (Å²) in [6.45, 7) is 16.0. The van der Waals surface area contributed by atoms with Gasteiger partial charge in [0.1, 0.15) is 5.78 Å². The van der Waals surface area contributed by atoms with E-state index in [1.54, 1.807) is 6.07 Å². The first-order valence-electron chi connectivity index (χ1n) is 10.6. The van der Waals surface area contributed by atoms with Gasteiger partial charge in [-0.2, -0.15) is 0 Å². The molecule has 2 unspecified atom stereocenters. The Morgan fingerprint density at radius 3 is 2.14 bits per heavy atom. The highest BCUT2D eigenvalue weighted by molar-refractivity contribution is 5.95. The van der Waals surface area contributed by atoms with Crippen LogP contribution >= 0.6 is 0 Å². The van der Waals surface area contributed by atoms with Crippen LogP contribution in [0, 0.1) is 17.8 Å². The lowest BCUT2D eigenvalue weighted by atomic mass is 9.94. The lowest BCUT2D eigenvalue weighted by Crippen LogP contribution is -2.33. The fourth-order valence-electron chi connectivity index (χ4n) is 3.37. The molecule has 6 heteroatoms. The molecule has 2 rings (SSSR count). The Kier molecular flexibility index (Phi) is 9.87. The third kappa shape index (κ3) is 8.13. The van der Waals surface area contributed by atoms with Gasteiger partial charge in [0.2, 0.25) is 11.5 Å². The third-order valence-electron chi connectivity index (χ3n) is 4.69. The van der Waals surface area contributed by atoms with Crippen molar-refractivity contribution in [3.63, 3.8) is 0 Å². The molecule has 0 amide bonds. The van der Waals surface area contributed by atoms with Crippen LogP contribution in [0.3, 0.4) is 0 Å². The largest absolute Gasteiger partial charge is 0.365 e. The summed E-state index contributed by atoms with van der Waals surface area (Å²) in [5, 5.41) is 10.3. The van der Waals surface area contributed by atoms with Gasteiger partial charge in [0.25, 0.3) is 0 Å². The molecule has 0 radical (unpaired) electrons. The summed E-state index contributed by atoms with van der Waals surface area (Å²) in [6.07, 6.45) is 3.30. The maximum absolute atomic E-state index is 11.7. The van der Waals surface area contributed by atoms with Gasteiger partial charge in [0, 0.05) is 41.9 Å². The average Bonchev–Trinajstić information content (AvgIpc) is 3.22. The van der Waals surface area contributed by atoms with E-state index in [0.717, 1.165) is 12.8 Å². The highest BCUT2D eigenvalue weighted by atomic mass is 16.5. The fraction of sp³-hybridized carbons (Fsp3) is 0.773. The van der Waals surface area contributed by atoms with E-state index in [9.17, 15) is 9.59 Å². The van der Waals surface area contributed by atoms with Crippen molar-refractivity contribution in [1.82, 2.24) is 10.5 Å². The Balaban J connectivity index is 0.000000280. The molecule has 1 aliphatic carbocycles. The second-order valence-corrected chi connectivity index (χ2v) is 8.98. The van der Waals surface area contributed by atoms with E-state index in [1.807, 2.05) is 41.5 Å². The van der Waals surface area contributed by atoms with Crippen molar-refractivity contribution >= 4 is 17.4 Å². The number of aromatic nitrogens is 1. The molecule has 0 bridgehead atoms. The van der Waals surface area contributed by atoms with Gasteiger partial charge in [-0.15, -0.1) is 0 Å². The van der Waals surface area contributed by atoms with Crippen molar-refractivity contribution in [1.29, 1.82) is 0 Å². The zero-order valence-electron chi connectivity index (χ0n) is 18.8. The van der Waals surface area contributed by atoms with Crippen LogP contribution in [0.5, 0.6) is 0 Å². The number of carbonyl (C=O) groups is 2. The molecular weight excluding hydrogens is 354 g/mol. The zero-order valence-corrected chi connectivity index (χ0v) is 18.8. The molecule has 0 saturated heterocycles. The van der Waals surface area contributed by atoms with Crippen LogP contribution in [-0.2, 0) is 4.79 Å². The van der Waals surface area contributed by atoms with Crippen LogP contribution in [0.2, 0.25) is 0 Å². The standard InChI is InChI=1S/C12H23NO.C10H16N2O2/c1-8(2)12(14)10-5-6-11(7-10)13-9(3)4;1-6(2)10(13)8-5-9(12-14-8)11-7(3)4/h8-11,13H,5-7H2,1-4H3;5-7H,1-4H3,(H,11,12). The highest BCUT2D eigenvalue weighted by Gasteiger charge is 2.30. The van der Waals surface area contributed by atoms with Crippen LogP contribution in [0.1, 0.15) is 85.2 Å². The molecule has 28 heavy (non-hydrogen) atoms. The van der Waals surface area contributed by atoms with Gasteiger partial charge in [0.05, 0.1) is 0 Å². The smallest absolute Gasteiger partial charge is 0.204 e. The summed E-state index contributed by atoms with van der Waals surface area (Å²) in [6, 6.07) is 3.03. The average molecular weight is 394 g/mol. The van der Waals surface area contributed by atoms with E-state index >= 15 is 0 Å². The molecule has 2 atom stereocenters. The Morgan fingerprint density at radius 2 is 1.64 bits per heavy atom. The molecule has 1 fully saturated rings. The molecule has 6 nitrogen and oxygen atoms in total. The normalized spacial score (nSPS) is 19.3. The summed E-state index contributed by atoms with van der Waals surface area (Å²) in [5.74, 6) is 1.85. The predicted octanol–water partition coefficient (Wildman–Crippen LogP) is 4.71. The van der Waals surface area contributed by atoms with E-state index in [1.165, 1.54) is 6.42 Å². The number of nitrogens with zero attached hydrogens (tertiary/aromatic N) is 1. The van der Waals surface area contributed by atoms with Crippen LogP contribution in [-0.4, -0.2) is 34.8 Å². The number of ketones is 2. The van der Waals surface area contributed by atoms with Gasteiger partial charge in [-0.3, -0.25) is 9.59 Å². The van der Waals surface area contributed by atoms with Gasteiger partial charge in [-0.1, -0.05) is 46.7 Å². The number of hydrogen-bond donors (Lipinski definition) is 2. The minimum absolute atomic E-state index is 0.0192. The van der Waals surface area contributed by atoms with E-state index < -0.39 is 0 Å². The summed E-state index contributed by atoms with van der Waals surface area (Å²) in [4.78, 5) is 23.2. The molecule has 1 saturated carbocycles. The molecule has 0 aromatic carbocycles. The van der Waals surface area contributed by atoms with Crippen molar-refractivity contribution in [2.75, 3.05) is 5.32 Å². The van der Waals surface area contributed by atoms with E-state index in [0.29, 0.717) is 35.4 Å². The highest BCUT2D eigenvalue weighted by Crippen LogP contribution is 2.28. The minimum Gasteiger partial charge on any atom is -0.365 e. The molecule has 0 aliphatic heterocycles. The number of Topliss-reactive ketones (excluding diaryl/α,β-unsaturated/α-hetero) is 2. The molecule has 2 N–H and O–H groups in total. The maximum atomic E-state index is 11.7. The number of rotatable bonds is 8. The topological polar surface area (TPSA) is 84.2 Å². The van der Waals surface area contributed by atoms with Gasteiger partial charge in [-0.25, -0.2) is 0 Å². The van der Waals surface area contributed by atoms with Crippen LogP contribution in [0.15, 0.2) is 10.6 Å². The monoisotopic (exact) mass is 393 g/mol. The summed E-state index contributed by atoms with van der Waals surface area (Å²) < 4.78 is 4.93. The van der Waals surface area contributed by atoms with E-state index in [4.69, 9.17) is 4.52 Å². The third-order valence-corrected chi connectivity index (χ3v) is 4.69. The van der Waals surface area contributed by atoms with Gasteiger partial charge in [-0.05, 0) is 33.1 Å². The SMILES string of the molecule is CC(C)NC1CCC(C(=O)C(C)C)C1.CC(C)Nc1cc(C(=O)C(C)C)on1. The van der Waals surface area contributed by atoms with E-state index in [2.05, 4.69) is 29.6 Å². The first-order chi connectivity index (χ1) is 13.0. The number of hydrogen-bond acceptors (Lipinski definition) is 6. The molecule has 1 heterocycles. The number of carbonyl (C=O) groups excluding carboxylic acids is 2. The summed E-state index contributed by atoms with van der Waals surface area (Å²) in [7, 11) is 0. The maximum Gasteiger partial charge on any atom is 0.204 e. The predicted molar refractivity (Wildman–Crippen MR) is 114 cm³/mol. The van der Waals surface area contributed by atoms with Gasteiger partial charge in [0.15, 0.2) is 5.82 Å². The van der Waals surface area contributed by atoms with Crippen LogP contribution in [0.4, 0.5) is 5.82 Å². The molecule has 1 aromatic rings. The number of anilines is 1. The quantitative estimate of drug-likeness (QED) is 0.622.